The van der Waals surface area contributed by atoms with Crippen LogP contribution in [0.5, 0.6) is 0 Å². The summed E-state index contributed by atoms with van der Waals surface area (Å²) in [7, 11) is -3.54. The summed E-state index contributed by atoms with van der Waals surface area (Å²) in [6, 6.07) is 10.2. The fourth-order valence-electron chi connectivity index (χ4n) is 4.13. The molecule has 0 bridgehead atoms. The van der Waals surface area contributed by atoms with E-state index in [1.165, 1.54) is 21.7 Å². The van der Waals surface area contributed by atoms with Gasteiger partial charge >= 0.3 is 0 Å². The predicted molar refractivity (Wildman–Crippen MR) is 121 cm³/mol. The number of thiophene rings is 1. The van der Waals surface area contributed by atoms with Crippen molar-refractivity contribution in [3.05, 3.63) is 46.7 Å². The van der Waals surface area contributed by atoms with E-state index in [4.69, 9.17) is 0 Å². The van der Waals surface area contributed by atoms with E-state index in [1.807, 2.05) is 17.5 Å². The molecule has 2 aromatic rings. The van der Waals surface area contributed by atoms with Gasteiger partial charge in [-0.25, -0.2) is 8.42 Å². The maximum Gasteiger partial charge on any atom is 0.263 e. The Morgan fingerprint density at radius 1 is 0.968 bits per heavy atom. The van der Waals surface area contributed by atoms with E-state index in [9.17, 15) is 18.0 Å². The monoisotopic (exact) mass is 461 g/mol. The molecule has 2 amide bonds. The van der Waals surface area contributed by atoms with Gasteiger partial charge in [-0.1, -0.05) is 18.6 Å². The van der Waals surface area contributed by atoms with Crippen LogP contribution < -0.4 is 5.32 Å². The lowest BCUT2D eigenvalue weighted by atomic mass is 9.95. The molecular weight excluding hydrogens is 434 g/mol. The van der Waals surface area contributed by atoms with Gasteiger partial charge in [0.25, 0.3) is 5.91 Å². The molecule has 0 atom stereocenters. The van der Waals surface area contributed by atoms with Crippen LogP contribution in [0.3, 0.4) is 0 Å². The summed E-state index contributed by atoms with van der Waals surface area (Å²) in [6.07, 6.45) is 4.00. The van der Waals surface area contributed by atoms with E-state index >= 15 is 0 Å². The molecule has 2 aliphatic rings. The number of sulfonamides is 1. The van der Waals surface area contributed by atoms with Crippen LogP contribution in [-0.2, 0) is 14.8 Å². The summed E-state index contributed by atoms with van der Waals surface area (Å²) in [5.41, 5.74) is 0.486. The van der Waals surface area contributed by atoms with E-state index in [0.29, 0.717) is 44.7 Å². The van der Waals surface area contributed by atoms with Gasteiger partial charge < -0.3 is 10.2 Å². The van der Waals surface area contributed by atoms with Gasteiger partial charge in [-0.3, -0.25) is 9.59 Å². The Hall–Kier alpha value is -2.23. The average molecular weight is 462 g/mol. The topological polar surface area (TPSA) is 86.8 Å². The highest BCUT2D eigenvalue weighted by molar-refractivity contribution is 7.89. The zero-order valence-electron chi connectivity index (χ0n) is 17.3. The quantitative estimate of drug-likeness (QED) is 0.739. The number of hydrogen-bond acceptors (Lipinski definition) is 5. The first-order chi connectivity index (χ1) is 14.9. The van der Waals surface area contributed by atoms with Crippen LogP contribution in [0.1, 0.15) is 41.8 Å². The Morgan fingerprint density at radius 2 is 1.71 bits per heavy atom. The Kier molecular flexibility index (Phi) is 6.74. The molecule has 1 N–H and O–H groups in total. The number of carbonyl (C=O) groups excluding carboxylic acids is 2. The minimum Gasteiger partial charge on any atom is -0.338 e. The Bertz CT molecular complexity index is 1020. The molecule has 0 radical (unpaired) electrons. The van der Waals surface area contributed by atoms with Gasteiger partial charge in [0.1, 0.15) is 0 Å². The van der Waals surface area contributed by atoms with Crippen LogP contribution in [-0.4, -0.2) is 55.6 Å². The van der Waals surface area contributed by atoms with Crippen LogP contribution in [0.2, 0.25) is 0 Å². The van der Waals surface area contributed by atoms with Crippen molar-refractivity contribution in [3.63, 3.8) is 0 Å². The van der Waals surface area contributed by atoms with Gasteiger partial charge in [-0.2, -0.15) is 4.31 Å². The number of nitrogens with one attached hydrogen (secondary N) is 1. The molecule has 0 unspecified atom stereocenters. The number of benzene rings is 1. The van der Waals surface area contributed by atoms with Gasteiger partial charge in [-0.15, -0.1) is 11.3 Å². The second-order valence-electron chi connectivity index (χ2n) is 8.03. The summed E-state index contributed by atoms with van der Waals surface area (Å²) in [5.74, 6) is -0.310. The first kappa shape index (κ1) is 22.0. The van der Waals surface area contributed by atoms with Gasteiger partial charge in [0.2, 0.25) is 15.9 Å². The van der Waals surface area contributed by atoms with E-state index in [2.05, 4.69) is 5.32 Å². The van der Waals surface area contributed by atoms with Crippen molar-refractivity contribution in [2.75, 3.05) is 31.5 Å². The normalized spacial score (nSPS) is 18.6. The number of carbonyl (C=O) groups is 2. The molecule has 2 saturated heterocycles. The standard InChI is InChI=1S/C22H27N3O4S2/c26-21(17-9-13-24(14-10-17)22(27)20-8-5-15-30-20)23-18-6-4-7-19(16-18)31(28,29)25-11-2-1-3-12-25/h4-8,15-17H,1-3,9-14H2,(H,23,26). The number of likely N-dealkylation sites (tertiary alicyclic amines) is 1. The SMILES string of the molecule is O=C(Nc1cccc(S(=O)(=O)N2CCCCC2)c1)C1CCN(C(=O)c2cccs2)CC1. The van der Waals surface area contributed by atoms with E-state index in [1.54, 1.807) is 23.1 Å². The number of anilines is 1. The Morgan fingerprint density at radius 3 is 2.39 bits per heavy atom. The third-order valence-corrected chi connectivity index (χ3v) is 8.69. The molecule has 31 heavy (non-hydrogen) atoms. The highest BCUT2D eigenvalue weighted by Crippen LogP contribution is 2.25. The van der Waals surface area contributed by atoms with Crippen molar-refractivity contribution in [2.24, 2.45) is 5.92 Å². The molecule has 7 nitrogen and oxygen atoms in total. The average Bonchev–Trinajstić information content (AvgIpc) is 3.34. The molecule has 0 saturated carbocycles. The van der Waals surface area contributed by atoms with Crippen molar-refractivity contribution in [2.45, 2.75) is 37.0 Å². The lowest BCUT2D eigenvalue weighted by Crippen LogP contribution is -2.41. The summed E-state index contributed by atoms with van der Waals surface area (Å²) in [5, 5.41) is 4.76. The van der Waals surface area contributed by atoms with E-state index in [0.717, 1.165) is 24.1 Å². The van der Waals surface area contributed by atoms with E-state index < -0.39 is 10.0 Å². The van der Waals surface area contributed by atoms with Crippen molar-refractivity contribution in [1.82, 2.24) is 9.21 Å². The van der Waals surface area contributed by atoms with Gasteiger partial charge in [-0.05, 0) is 55.3 Å². The number of hydrogen-bond donors (Lipinski definition) is 1. The number of rotatable bonds is 5. The van der Waals surface area contributed by atoms with Crippen LogP contribution in [0.15, 0.2) is 46.7 Å². The van der Waals surface area contributed by atoms with Crippen molar-refractivity contribution in [1.29, 1.82) is 0 Å². The molecule has 2 aliphatic heterocycles. The second-order valence-corrected chi connectivity index (χ2v) is 10.9. The minimum absolute atomic E-state index is 0.0180. The van der Waals surface area contributed by atoms with Gasteiger partial charge in [0, 0.05) is 37.8 Å². The molecule has 3 heterocycles. The van der Waals surface area contributed by atoms with Crippen molar-refractivity contribution >= 4 is 38.9 Å². The number of amides is 2. The molecule has 166 valence electrons. The summed E-state index contributed by atoms with van der Waals surface area (Å²) in [4.78, 5) is 28.0. The maximum atomic E-state index is 12.9. The molecule has 0 aliphatic carbocycles. The molecule has 2 fully saturated rings. The highest BCUT2D eigenvalue weighted by atomic mass is 32.2. The minimum atomic E-state index is -3.54. The van der Waals surface area contributed by atoms with Gasteiger partial charge in [0.05, 0.1) is 9.77 Å². The molecular formula is C22H27N3O4S2. The molecule has 1 aromatic carbocycles. The van der Waals surface area contributed by atoms with Crippen LogP contribution in [0, 0.1) is 5.92 Å². The fraction of sp³-hybridized carbons (Fsp3) is 0.455. The number of piperidine rings is 2. The zero-order chi connectivity index (χ0) is 21.8. The van der Waals surface area contributed by atoms with Crippen LogP contribution >= 0.6 is 11.3 Å². The first-order valence-electron chi connectivity index (χ1n) is 10.7. The number of nitrogens with zero attached hydrogens (tertiary/aromatic N) is 2. The third kappa shape index (κ3) is 4.99. The summed E-state index contributed by atoms with van der Waals surface area (Å²) < 4.78 is 27.3. The molecule has 1 aromatic heterocycles. The lowest BCUT2D eigenvalue weighted by molar-refractivity contribution is -0.121. The molecule has 9 heteroatoms. The second kappa shape index (κ2) is 9.50. The van der Waals surface area contributed by atoms with Crippen LogP contribution in [0.25, 0.3) is 0 Å². The highest BCUT2D eigenvalue weighted by Gasteiger charge is 2.29. The predicted octanol–water partition coefficient (Wildman–Crippen LogP) is 3.41. The summed E-state index contributed by atoms with van der Waals surface area (Å²) in [6.45, 7) is 2.17. The lowest BCUT2D eigenvalue weighted by Gasteiger charge is -2.31. The largest absolute Gasteiger partial charge is 0.338 e. The van der Waals surface area contributed by atoms with Gasteiger partial charge in [0.15, 0.2) is 0 Å². The van der Waals surface area contributed by atoms with Crippen molar-refractivity contribution < 1.29 is 18.0 Å². The summed E-state index contributed by atoms with van der Waals surface area (Å²) >= 11 is 1.42. The molecule has 0 spiro atoms. The smallest absolute Gasteiger partial charge is 0.263 e. The van der Waals surface area contributed by atoms with Crippen LogP contribution in [0.4, 0.5) is 5.69 Å². The third-order valence-electron chi connectivity index (χ3n) is 5.94. The zero-order valence-corrected chi connectivity index (χ0v) is 19.0. The maximum absolute atomic E-state index is 12.9. The molecule has 4 rings (SSSR count). The van der Waals surface area contributed by atoms with Crippen molar-refractivity contribution in [3.8, 4) is 0 Å². The Balaban J connectivity index is 1.36. The van der Waals surface area contributed by atoms with E-state index in [-0.39, 0.29) is 22.6 Å². The fourth-order valence-corrected chi connectivity index (χ4v) is 6.39. The first-order valence-corrected chi connectivity index (χ1v) is 13.0. The Labute approximate surface area is 187 Å².